The van der Waals surface area contributed by atoms with Gasteiger partial charge in [0.2, 0.25) is 5.96 Å². The van der Waals surface area contributed by atoms with Crippen molar-refractivity contribution in [2.75, 3.05) is 13.2 Å². The fourth-order valence-electron chi connectivity index (χ4n) is 3.74. The predicted molar refractivity (Wildman–Crippen MR) is 119 cm³/mol. The van der Waals surface area contributed by atoms with Crippen molar-refractivity contribution in [3.63, 3.8) is 0 Å². The summed E-state index contributed by atoms with van der Waals surface area (Å²) in [5.41, 5.74) is 14.0. The summed E-state index contributed by atoms with van der Waals surface area (Å²) in [4.78, 5) is 15.3. The van der Waals surface area contributed by atoms with Crippen molar-refractivity contribution in [3.8, 4) is 5.75 Å². The topological polar surface area (TPSA) is 137 Å². The van der Waals surface area contributed by atoms with Crippen LogP contribution in [-0.4, -0.2) is 45.0 Å². The minimum absolute atomic E-state index is 0.158. The lowest BCUT2D eigenvalue weighted by Crippen LogP contribution is -2.38. The normalized spacial score (nSPS) is 16.9. The summed E-state index contributed by atoms with van der Waals surface area (Å²) in [5, 5.41) is 0. The number of halogens is 1. The number of nitrogens with one attached hydrogen (secondary N) is 1. The molecule has 0 aromatic heterocycles. The van der Waals surface area contributed by atoms with Crippen LogP contribution in [0.3, 0.4) is 0 Å². The van der Waals surface area contributed by atoms with Crippen LogP contribution in [-0.2, 0) is 21.2 Å². The van der Waals surface area contributed by atoms with E-state index in [2.05, 4.69) is 9.71 Å². The molecule has 1 aliphatic rings. The Balaban J connectivity index is 2.21. The van der Waals surface area contributed by atoms with Gasteiger partial charge in [0.05, 0.1) is 10.9 Å². The van der Waals surface area contributed by atoms with Gasteiger partial charge in [-0.1, -0.05) is 0 Å². The van der Waals surface area contributed by atoms with Gasteiger partial charge in [-0.25, -0.2) is 17.5 Å². The molecule has 0 amide bonds. The Kier molecular flexibility index (Phi) is 7.70. The van der Waals surface area contributed by atoms with Crippen LogP contribution in [0.1, 0.15) is 55.4 Å². The maximum atomic E-state index is 13.1. The molecule has 31 heavy (non-hydrogen) atoms. The molecule has 0 aliphatic carbocycles. The molecule has 0 fully saturated rings. The zero-order valence-electron chi connectivity index (χ0n) is 18.8. The Morgan fingerprint density at radius 3 is 2.52 bits per heavy atom. The van der Waals surface area contributed by atoms with Crippen molar-refractivity contribution >= 4 is 21.8 Å². The molecule has 1 aromatic rings. The first-order valence-corrected chi connectivity index (χ1v) is 11.8. The Morgan fingerprint density at radius 1 is 1.26 bits per heavy atom. The number of ether oxygens (including phenoxy) is 1. The van der Waals surface area contributed by atoms with Crippen molar-refractivity contribution in [2.24, 2.45) is 16.5 Å². The number of nitrogens with zero attached hydrogens (tertiary/aromatic N) is 1. The van der Waals surface area contributed by atoms with E-state index in [4.69, 9.17) is 16.2 Å². The number of hydrogen-bond donors (Lipinski definition) is 3. The summed E-state index contributed by atoms with van der Waals surface area (Å²) >= 11 is 0. The van der Waals surface area contributed by atoms with Crippen LogP contribution >= 0.6 is 0 Å². The SMILES string of the molecule is Cc1c(C)c(S(=O)(=O)NC(N)=NCCCC(N)C(=O)CF)c(C)c2c1OC(C)(C)CC2. The van der Waals surface area contributed by atoms with Gasteiger partial charge in [-0.2, -0.15) is 0 Å². The van der Waals surface area contributed by atoms with E-state index in [-0.39, 0.29) is 29.4 Å². The van der Waals surface area contributed by atoms with Crippen LogP contribution in [0.2, 0.25) is 0 Å². The maximum absolute atomic E-state index is 13.1. The van der Waals surface area contributed by atoms with E-state index in [1.807, 2.05) is 20.8 Å². The smallest absolute Gasteiger partial charge is 0.264 e. The fourth-order valence-corrected chi connectivity index (χ4v) is 5.27. The molecule has 0 radical (unpaired) electrons. The molecule has 1 aliphatic heterocycles. The van der Waals surface area contributed by atoms with Crippen LogP contribution in [0.5, 0.6) is 5.75 Å². The summed E-state index contributed by atoms with van der Waals surface area (Å²) in [7, 11) is -3.97. The van der Waals surface area contributed by atoms with Crippen molar-refractivity contribution in [3.05, 3.63) is 22.3 Å². The van der Waals surface area contributed by atoms with Crippen LogP contribution in [0.15, 0.2) is 9.89 Å². The standard InChI is InChI=1S/C21H33FN4O4S/c1-12-13(2)19(14(3)15-8-9-21(4,5)30-18(12)15)31(28,29)26-20(24)25-10-6-7-16(23)17(27)11-22/h16H,6-11,23H2,1-5H3,(H3,24,25,26). The van der Waals surface area contributed by atoms with E-state index in [0.717, 1.165) is 29.7 Å². The molecule has 0 saturated carbocycles. The van der Waals surface area contributed by atoms with E-state index in [9.17, 15) is 17.6 Å². The lowest BCUT2D eigenvalue weighted by Gasteiger charge is -2.35. The van der Waals surface area contributed by atoms with Gasteiger partial charge in [0, 0.05) is 6.54 Å². The quantitative estimate of drug-likeness (QED) is 0.311. The van der Waals surface area contributed by atoms with Gasteiger partial charge in [0.15, 0.2) is 5.78 Å². The number of ketones is 1. The highest BCUT2D eigenvalue weighted by Crippen LogP contribution is 2.42. The minimum Gasteiger partial charge on any atom is -0.487 e. The summed E-state index contributed by atoms with van der Waals surface area (Å²) in [5.74, 6) is -0.165. The van der Waals surface area contributed by atoms with E-state index in [1.165, 1.54) is 0 Å². The molecular weight excluding hydrogens is 423 g/mol. The number of carbonyl (C=O) groups excluding carboxylic acids is 1. The van der Waals surface area contributed by atoms with Gasteiger partial charge in [-0.15, -0.1) is 0 Å². The second kappa shape index (κ2) is 9.52. The van der Waals surface area contributed by atoms with E-state index >= 15 is 0 Å². The van der Waals surface area contributed by atoms with Gasteiger partial charge >= 0.3 is 0 Å². The van der Waals surface area contributed by atoms with Crippen LogP contribution in [0.25, 0.3) is 0 Å². The number of aliphatic imine (C=N–C) groups is 1. The molecular formula is C21H33FN4O4S. The molecule has 1 aromatic carbocycles. The summed E-state index contributed by atoms with van der Waals surface area (Å²) in [6, 6.07) is -0.894. The van der Waals surface area contributed by atoms with Crippen molar-refractivity contribution < 1.29 is 22.3 Å². The van der Waals surface area contributed by atoms with Crippen LogP contribution in [0.4, 0.5) is 4.39 Å². The number of sulfonamides is 1. The number of hydrogen-bond acceptors (Lipinski definition) is 6. The van der Waals surface area contributed by atoms with Gasteiger partial charge in [0.1, 0.15) is 18.0 Å². The second-order valence-corrected chi connectivity index (χ2v) is 10.2. The number of nitrogens with two attached hydrogens (primary N) is 2. The summed E-state index contributed by atoms with van der Waals surface area (Å²) < 4.78 is 47.0. The number of alkyl halides is 1. The zero-order chi connectivity index (χ0) is 23.6. The third-order valence-electron chi connectivity index (χ3n) is 5.67. The monoisotopic (exact) mass is 456 g/mol. The van der Waals surface area contributed by atoms with Crippen molar-refractivity contribution in [1.29, 1.82) is 0 Å². The van der Waals surface area contributed by atoms with Crippen molar-refractivity contribution in [2.45, 2.75) is 76.8 Å². The Hall–Kier alpha value is -2.20. The predicted octanol–water partition coefficient (Wildman–Crippen LogP) is 1.95. The van der Waals surface area contributed by atoms with E-state index in [0.29, 0.717) is 17.5 Å². The van der Waals surface area contributed by atoms with Gasteiger partial charge < -0.3 is 16.2 Å². The molecule has 174 valence electrons. The highest BCUT2D eigenvalue weighted by atomic mass is 32.2. The molecule has 1 unspecified atom stereocenters. The third-order valence-corrected chi connectivity index (χ3v) is 7.30. The lowest BCUT2D eigenvalue weighted by atomic mass is 9.88. The van der Waals surface area contributed by atoms with Gasteiger partial charge in [-0.05, 0) is 82.6 Å². The molecule has 0 spiro atoms. The Labute approximate surface area is 183 Å². The average Bonchev–Trinajstić information content (AvgIpc) is 2.67. The first-order chi connectivity index (χ1) is 14.3. The lowest BCUT2D eigenvalue weighted by molar-refractivity contribution is -0.121. The second-order valence-electron chi connectivity index (χ2n) is 8.59. The van der Waals surface area contributed by atoms with Gasteiger partial charge in [0.25, 0.3) is 10.0 Å². The zero-order valence-corrected chi connectivity index (χ0v) is 19.7. The number of fused-ring (bicyclic) bond motifs is 1. The number of carbonyl (C=O) groups is 1. The molecule has 2 rings (SSSR count). The molecule has 5 N–H and O–H groups in total. The number of guanidine groups is 1. The summed E-state index contributed by atoms with van der Waals surface area (Å²) in [6.07, 6.45) is 2.12. The Morgan fingerprint density at radius 2 is 1.90 bits per heavy atom. The maximum Gasteiger partial charge on any atom is 0.264 e. The number of rotatable bonds is 8. The molecule has 0 bridgehead atoms. The van der Waals surface area contributed by atoms with Gasteiger partial charge in [-0.3, -0.25) is 9.79 Å². The fraction of sp³-hybridized carbons (Fsp3) is 0.619. The highest BCUT2D eigenvalue weighted by Gasteiger charge is 2.33. The number of benzene rings is 1. The third kappa shape index (κ3) is 5.74. The first-order valence-electron chi connectivity index (χ1n) is 10.3. The van der Waals surface area contributed by atoms with Crippen molar-refractivity contribution in [1.82, 2.24) is 4.72 Å². The first kappa shape index (κ1) is 25.1. The minimum atomic E-state index is -3.97. The van der Waals surface area contributed by atoms with E-state index in [1.54, 1.807) is 13.8 Å². The largest absolute Gasteiger partial charge is 0.487 e. The Bertz CT molecular complexity index is 990. The molecule has 8 nitrogen and oxygen atoms in total. The molecule has 1 atom stereocenters. The molecule has 0 saturated heterocycles. The average molecular weight is 457 g/mol. The van der Waals surface area contributed by atoms with Crippen LogP contribution in [0, 0.1) is 20.8 Å². The summed E-state index contributed by atoms with van der Waals surface area (Å²) in [6.45, 7) is 8.47. The number of Topliss-reactive ketones (excluding diaryl/α,β-unsaturated/α-hetero) is 1. The highest BCUT2D eigenvalue weighted by molar-refractivity contribution is 7.90. The molecule has 10 heteroatoms. The van der Waals surface area contributed by atoms with E-state index < -0.39 is 28.5 Å². The van der Waals surface area contributed by atoms with Crippen LogP contribution < -0.4 is 20.9 Å². The molecule has 1 heterocycles.